The van der Waals surface area contributed by atoms with Crippen molar-refractivity contribution in [2.75, 3.05) is 40.3 Å². The van der Waals surface area contributed by atoms with Crippen LogP contribution in [0.1, 0.15) is 23.2 Å². The summed E-state index contributed by atoms with van der Waals surface area (Å²) in [5.41, 5.74) is 2.91. The first-order valence-electron chi connectivity index (χ1n) is 10.8. The van der Waals surface area contributed by atoms with Gasteiger partial charge in [-0.2, -0.15) is 0 Å². The van der Waals surface area contributed by atoms with Crippen LogP contribution in [-0.2, 0) is 0 Å². The van der Waals surface area contributed by atoms with Crippen molar-refractivity contribution in [3.8, 4) is 11.3 Å². The minimum atomic E-state index is -0.289. The first-order chi connectivity index (χ1) is 15.0. The molecule has 1 fully saturated rings. The predicted octanol–water partition coefficient (Wildman–Crippen LogP) is 3.80. The molecule has 1 saturated heterocycles. The van der Waals surface area contributed by atoms with Gasteiger partial charge in [-0.3, -0.25) is 4.79 Å². The predicted molar refractivity (Wildman–Crippen MR) is 123 cm³/mol. The lowest BCUT2D eigenvalue weighted by Crippen LogP contribution is -2.43. The van der Waals surface area contributed by atoms with Gasteiger partial charge < -0.3 is 15.1 Å². The SMILES string of the molecule is CN(C)CCNC[C@@H]1CCCN1C(=O)c1cc(-c2ccc(F)cc2)nc2ccccc12. The van der Waals surface area contributed by atoms with E-state index in [0.717, 1.165) is 55.5 Å². The Hall–Kier alpha value is -2.83. The third-order valence-electron chi connectivity index (χ3n) is 5.84. The maximum absolute atomic E-state index is 13.7. The Labute approximate surface area is 182 Å². The second kappa shape index (κ2) is 9.54. The van der Waals surface area contributed by atoms with Crippen LogP contribution in [0.15, 0.2) is 54.6 Å². The Bertz CT molecular complexity index is 1050. The van der Waals surface area contributed by atoms with E-state index in [2.05, 4.69) is 24.3 Å². The van der Waals surface area contributed by atoms with E-state index < -0.39 is 0 Å². The molecule has 0 spiro atoms. The van der Waals surface area contributed by atoms with Crippen molar-refractivity contribution in [3.63, 3.8) is 0 Å². The van der Waals surface area contributed by atoms with Gasteiger partial charge in [0.25, 0.3) is 5.91 Å². The average molecular weight is 421 g/mol. The fourth-order valence-electron chi connectivity index (χ4n) is 4.16. The fraction of sp³-hybridized carbons (Fsp3) is 0.360. The summed E-state index contributed by atoms with van der Waals surface area (Å²) in [7, 11) is 4.11. The van der Waals surface area contributed by atoms with Crippen molar-refractivity contribution >= 4 is 16.8 Å². The third-order valence-corrected chi connectivity index (χ3v) is 5.84. The Morgan fingerprint density at radius 1 is 1.19 bits per heavy atom. The van der Waals surface area contributed by atoms with Crippen molar-refractivity contribution in [2.45, 2.75) is 18.9 Å². The Kier molecular flexibility index (Phi) is 6.59. The minimum absolute atomic E-state index is 0.0406. The molecule has 0 unspecified atom stereocenters. The van der Waals surface area contributed by atoms with E-state index in [1.807, 2.05) is 35.2 Å². The van der Waals surface area contributed by atoms with Crippen LogP contribution < -0.4 is 5.32 Å². The molecule has 5 nitrogen and oxygen atoms in total. The van der Waals surface area contributed by atoms with Crippen LogP contribution in [0.25, 0.3) is 22.2 Å². The molecule has 1 aromatic heterocycles. The van der Waals surface area contributed by atoms with Crippen LogP contribution in [-0.4, -0.2) is 67.0 Å². The van der Waals surface area contributed by atoms with Crippen molar-refractivity contribution in [2.24, 2.45) is 0 Å². The zero-order valence-electron chi connectivity index (χ0n) is 18.1. The molecule has 3 aromatic rings. The molecule has 0 saturated carbocycles. The maximum atomic E-state index is 13.7. The fourth-order valence-corrected chi connectivity index (χ4v) is 4.16. The molecule has 6 heteroatoms. The summed E-state index contributed by atoms with van der Waals surface area (Å²) in [5.74, 6) is -0.249. The van der Waals surface area contributed by atoms with E-state index in [1.54, 1.807) is 12.1 Å². The molecule has 31 heavy (non-hydrogen) atoms. The molecule has 4 rings (SSSR count). The normalized spacial score (nSPS) is 16.4. The van der Waals surface area contributed by atoms with E-state index in [4.69, 9.17) is 4.98 Å². The highest BCUT2D eigenvalue weighted by atomic mass is 19.1. The summed E-state index contributed by atoms with van der Waals surface area (Å²) < 4.78 is 13.4. The number of amides is 1. The van der Waals surface area contributed by atoms with Gasteiger partial charge in [0.05, 0.1) is 16.8 Å². The van der Waals surface area contributed by atoms with E-state index in [1.165, 1.54) is 12.1 Å². The first-order valence-corrected chi connectivity index (χ1v) is 10.8. The lowest BCUT2D eigenvalue weighted by atomic mass is 10.0. The summed E-state index contributed by atoms with van der Waals surface area (Å²) in [6.45, 7) is 3.43. The number of para-hydroxylation sites is 1. The van der Waals surface area contributed by atoms with E-state index in [-0.39, 0.29) is 17.8 Å². The number of rotatable bonds is 7. The summed E-state index contributed by atoms with van der Waals surface area (Å²) in [6, 6.07) is 16.0. The number of aromatic nitrogens is 1. The molecule has 162 valence electrons. The molecule has 0 radical (unpaired) electrons. The van der Waals surface area contributed by atoms with Gasteiger partial charge in [0, 0.05) is 43.2 Å². The molecule has 2 aromatic carbocycles. The third kappa shape index (κ3) is 4.92. The van der Waals surface area contributed by atoms with Crippen LogP contribution in [0.5, 0.6) is 0 Å². The number of carbonyl (C=O) groups is 1. The zero-order valence-corrected chi connectivity index (χ0v) is 18.1. The molecule has 1 aliphatic heterocycles. The number of hydrogen-bond acceptors (Lipinski definition) is 4. The van der Waals surface area contributed by atoms with E-state index >= 15 is 0 Å². The summed E-state index contributed by atoms with van der Waals surface area (Å²) >= 11 is 0. The second-order valence-electron chi connectivity index (χ2n) is 8.38. The summed E-state index contributed by atoms with van der Waals surface area (Å²) in [6.07, 6.45) is 2.02. The molecule has 1 amide bonds. The van der Waals surface area contributed by atoms with Crippen molar-refractivity contribution in [1.82, 2.24) is 20.1 Å². The number of halogens is 1. The van der Waals surface area contributed by atoms with Gasteiger partial charge >= 0.3 is 0 Å². The highest BCUT2D eigenvalue weighted by Crippen LogP contribution is 2.28. The first kappa shape index (κ1) is 21.4. The zero-order chi connectivity index (χ0) is 21.8. The van der Waals surface area contributed by atoms with Crippen LogP contribution >= 0.6 is 0 Å². The number of carbonyl (C=O) groups excluding carboxylic acids is 1. The molecule has 0 aliphatic carbocycles. The highest BCUT2D eigenvalue weighted by Gasteiger charge is 2.30. The number of nitrogens with zero attached hydrogens (tertiary/aromatic N) is 3. The van der Waals surface area contributed by atoms with Gasteiger partial charge in [-0.05, 0) is 63.3 Å². The number of fused-ring (bicyclic) bond motifs is 1. The molecular formula is C25H29FN4O. The van der Waals surface area contributed by atoms with Crippen LogP contribution in [0, 0.1) is 5.82 Å². The number of likely N-dealkylation sites (tertiary alicyclic amines) is 1. The number of nitrogens with one attached hydrogen (secondary N) is 1. The molecule has 2 heterocycles. The Morgan fingerprint density at radius 3 is 2.74 bits per heavy atom. The number of benzene rings is 2. The highest BCUT2D eigenvalue weighted by molar-refractivity contribution is 6.07. The maximum Gasteiger partial charge on any atom is 0.254 e. The summed E-state index contributed by atoms with van der Waals surface area (Å²) in [4.78, 5) is 22.5. The lowest BCUT2D eigenvalue weighted by molar-refractivity contribution is 0.0737. The smallest absolute Gasteiger partial charge is 0.254 e. The molecule has 0 bridgehead atoms. The molecule has 1 aliphatic rings. The standard InChI is InChI=1S/C25H29FN4O/c1-29(2)15-13-27-17-20-6-5-14-30(20)25(31)22-16-24(18-9-11-19(26)12-10-18)28-23-8-4-3-7-21(22)23/h3-4,7-12,16,20,27H,5-6,13-15,17H2,1-2H3/t20-/m0/s1. The Morgan fingerprint density at radius 2 is 1.97 bits per heavy atom. The minimum Gasteiger partial charge on any atom is -0.334 e. The van der Waals surface area contributed by atoms with Crippen LogP contribution in [0.4, 0.5) is 4.39 Å². The topological polar surface area (TPSA) is 48.5 Å². The largest absolute Gasteiger partial charge is 0.334 e. The van der Waals surface area contributed by atoms with Crippen molar-refractivity contribution < 1.29 is 9.18 Å². The molecule has 1 N–H and O–H groups in total. The van der Waals surface area contributed by atoms with Gasteiger partial charge in [0.1, 0.15) is 5.82 Å². The molecular weight excluding hydrogens is 391 g/mol. The lowest BCUT2D eigenvalue weighted by Gasteiger charge is -2.26. The monoisotopic (exact) mass is 420 g/mol. The van der Waals surface area contributed by atoms with Crippen molar-refractivity contribution in [3.05, 3.63) is 66.0 Å². The van der Waals surface area contributed by atoms with E-state index in [0.29, 0.717) is 11.3 Å². The van der Waals surface area contributed by atoms with Gasteiger partial charge in [-0.15, -0.1) is 0 Å². The average Bonchev–Trinajstić information content (AvgIpc) is 3.24. The van der Waals surface area contributed by atoms with Gasteiger partial charge in [0.15, 0.2) is 0 Å². The number of likely N-dealkylation sites (N-methyl/N-ethyl adjacent to an activating group) is 1. The van der Waals surface area contributed by atoms with Crippen LogP contribution in [0.2, 0.25) is 0 Å². The van der Waals surface area contributed by atoms with Gasteiger partial charge in [0.2, 0.25) is 0 Å². The number of hydrogen-bond donors (Lipinski definition) is 1. The number of pyridine rings is 1. The molecule has 1 atom stereocenters. The van der Waals surface area contributed by atoms with Gasteiger partial charge in [-0.25, -0.2) is 9.37 Å². The second-order valence-corrected chi connectivity index (χ2v) is 8.38. The van der Waals surface area contributed by atoms with Crippen molar-refractivity contribution in [1.29, 1.82) is 0 Å². The van der Waals surface area contributed by atoms with Crippen LogP contribution in [0.3, 0.4) is 0 Å². The quantitative estimate of drug-likeness (QED) is 0.591. The Balaban J connectivity index is 1.63. The van der Waals surface area contributed by atoms with E-state index in [9.17, 15) is 9.18 Å². The van der Waals surface area contributed by atoms with Gasteiger partial charge in [-0.1, -0.05) is 18.2 Å². The summed E-state index contributed by atoms with van der Waals surface area (Å²) in [5, 5.41) is 4.34.